The van der Waals surface area contributed by atoms with Crippen LogP contribution in [0.2, 0.25) is 0 Å². The molecule has 2 aliphatic heterocycles. The van der Waals surface area contributed by atoms with Gasteiger partial charge in [-0.25, -0.2) is 9.97 Å². The zero-order chi connectivity index (χ0) is 19.8. The van der Waals surface area contributed by atoms with E-state index in [1.165, 1.54) is 5.56 Å². The molecule has 1 aromatic heterocycles. The van der Waals surface area contributed by atoms with Crippen LogP contribution in [0.15, 0.2) is 35.6 Å². The molecule has 2 aromatic rings. The van der Waals surface area contributed by atoms with Gasteiger partial charge in [-0.1, -0.05) is 6.07 Å². The van der Waals surface area contributed by atoms with Crippen molar-refractivity contribution in [3.8, 4) is 5.75 Å². The molecule has 0 amide bonds. The standard InChI is InChI=1S/C22H27N5O2/c1-22(4-5-22)29-17-3-2-16-14-23-21(18(16)12-17)19-13-20(25-15-24-19)27-8-6-26(7-9-27)10-11-28/h2-3,12-13,15,28H,4-11,14H2,1H3. The number of benzene rings is 1. The number of aliphatic hydroxyl groups is 1. The number of ether oxygens (including phenoxy) is 1. The van der Waals surface area contributed by atoms with Gasteiger partial charge in [0.1, 0.15) is 23.5 Å². The van der Waals surface area contributed by atoms with E-state index in [0.717, 1.165) is 74.1 Å². The second-order valence-electron chi connectivity index (χ2n) is 8.35. The summed E-state index contributed by atoms with van der Waals surface area (Å²) in [6, 6.07) is 8.33. The van der Waals surface area contributed by atoms with Gasteiger partial charge in [0, 0.05) is 44.4 Å². The molecule has 1 aromatic carbocycles. The van der Waals surface area contributed by atoms with Gasteiger partial charge < -0.3 is 14.7 Å². The molecule has 1 N–H and O–H groups in total. The lowest BCUT2D eigenvalue weighted by atomic mass is 10.0. The maximum absolute atomic E-state index is 9.13. The van der Waals surface area contributed by atoms with Crippen LogP contribution in [0.4, 0.5) is 5.82 Å². The Morgan fingerprint density at radius 3 is 2.69 bits per heavy atom. The van der Waals surface area contributed by atoms with Gasteiger partial charge in [-0.15, -0.1) is 0 Å². The summed E-state index contributed by atoms with van der Waals surface area (Å²) in [5.74, 6) is 1.85. The fraction of sp³-hybridized carbons (Fsp3) is 0.500. The van der Waals surface area contributed by atoms with E-state index < -0.39 is 0 Å². The predicted molar refractivity (Wildman–Crippen MR) is 112 cm³/mol. The lowest BCUT2D eigenvalue weighted by Crippen LogP contribution is -2.47. The van der Waals surface area contributed by atoms with Crippen LogP contribution in [0.3, 0.4) is 0 Å². The Hall–Kier alpha value is -2.51. The van der Waals surface area contributed by atoms with Gasteiger partial charge in [-0.3, -0.25) is 9.89 Å². The minimum absolute atomic E-state index is 0.00437. The fourth-order valence-electron chi connectivity index (χ4n) is 4.00. The van der Waals surface area contributed by atoms with Gasteiger partial charge in [0.05, 0.1) is 24.6 Å². The first-order chi connectivity index (χ1) is 14.1. The molecule has 5 rings (SSSR count). The molecule has 0 radical (unpaired) electrons. The molecule has 1 saturated heterocycles. The third kappa shape index (κ3) is 3.84. The molecule has 2 fully saturated rings. The second kappa shape index (κ2) is 7.39. The summed E-state index contributed by atoms with van der Waals surface area (Å²) >= 11 is 0. The van der Waals surface area contributed by atoms with Gasteiger partial charge in [-0.05, 0) is 37.5 Å². The number of aliphatic imine (C=N–C) groups is 1. The minimum Gasteiger partial charge on any atom is -0.488 e. The van der Waals surface area contributed by atoms with Crippen molar-refractivity contribution >= 4 is 11.5 Å². The lowest BCUT2D eigenvalue weighted by Gasteiger charge is -2.35. The maximum atomic E-state index is 9.13. The van der Waals surface area contributed by atoms with Crippen LogP contribution in [0.5, 0.6) is 5.75 Å². The number of aromatic nitrogens is 2. The minimum atomic E-state index is 0.00437. The quantitative estimate of drug-likeness (QED) is 0.808. The van der Waals surface area contributed by atoms with E-state index in [0.29, 0.717) is 6.54 Å². The van der Waals surface area contributed by atoms with Crippen LogP contribution in [0.1, 0.15) is 36.6 Å². The highest BCUT2D eigenvalue weighted by atomic mass is 16.5. The largest absolute Gasteiger partial charge is 0.488 e. The SMILES string of the molecule is CC1(Oc2ccc3c(c2)C(c2cc(N4CCN(CCO)CC4)ncn2)=NC3)CC1. The van der Waals surface area contributed by atoms with Crippen molar-refractivity contribution < 1.29 is 9.84 Å². The highest BCUT2D eigenvalue weighted by Gasteiger charge is 2.40. The molecule has 7 nitrogen and oxygen atoms in total. The van der Waals surface area contributed by atoms with Gasteiger partial charge in [-0.2, -0.15) is 0 Å². The number of rotatable bonds is 6. The summed E-state index contributed by atoms with van der Waals surface area (Å²) < 4.78 is 6.15. The lowest BCUT2D eigenvalue weighted by molar-refractivity contribution is 0.188. The van der Waals surface area contributed by atoms with E-state index in [1.807, 2.05) is 6.07 Å². The molecule has 3 aliphatic rings. The van der Waals surface area contributed by atoms with Crippen LogP contribution in [-0.2, 0) is 6.54 Å². The van der Waals surface area contributed by atoms with Crippen molar-refractivity contribution in [1.82, 2.24) is 14.9 Å². The van der Waals surface area contributed by atoms with Gasteiger partial charge >= 0.3 is 0 Å². The summed E-state index contributed by atoms with van der Waals surface area (Å²) in [4.78, 5) is 18.3. The van der Waals surface area contributed by atoms with E-state index in [4.69, 9.17) is 14.8 Å². The number of nitrogens with zero attached hydrogens (tertiary/aromatic N) is 5. The van der Waals surface area contributed by atoms with Crippen molar-refractivity contribution in [2.24, 2.45) is 4.99 Å². The smallest absolute Gasteiger partial charge is 0.132 e. The third-order valence-electron chi connectivity index (χ3n) is 6.07. The summed E-state index contributed by atoms with van der Waals surface area (Å²) in [6.45, 7) is 7.45. The van der Waals surface area contributed by atoms with E-state index in [1.54, 1.807) is 6.33 Å². The normalized spacial score (nSPS) is 20.3. The monoisotopic (exact) mass is 393 g/mol. The zero-order valence-electron chi connectivity index (χ0n) is 16.8. The summed E-state index contributed by atoms with van der Waals surface area (Å²) in [6.07, 6.45) is 3.87. The third-order valence-corrected chi connectivity index (χ3v) is 6.07. The van der Waals surface area contributed by atoms with E-state index in [-0.39, 0.29) is 12.2 Å². The zero-order valence-corrected chi connectivity index (χ0v) is 16.8. The Balaban J connectivity index is 1.35. The van der Waals surface area contributed by atoms with Crippen LogP contribution in [-0.4, -0.2) is 70.6 Å². The van der Waals surface area contributed by atoms with Gasteiger partial charge in [0.25, 0.3) is 0 Å². The Morgan fingerprint density at radius 1 is 1.10 bits per heavy atom. The van der Waals surface area contributed by atoms with Gasteiger partial charge in [0.15, 0.2) is 0 Å². The summed E-state index contributed by atoms with van der Waals surface area (Å²) in [5.41, 5.74) is 4.12. The molecule has 0 unspecified atom stereocenters. The Kier molecular flexibility index (Phi) is 4.72. The Morgan fingerprint density at radius 2 is 1.93 bits per heavy atom. The topological polar surface area (TPSA) is 74.1 Å². The van der Waals surface area contributed by atoms with Crippen LogP contribution in [0, 0.1) is 0 Å². The van der Waals surface area contributed by atoms with Gasteiger partial charge in [0.2, 0.25) is 0 Å². The first kappa shape index (κ1) is 18.5. The molecule has 152 valence electrons. The van der Waals surface area contributed by atoms with Crippen molar-refractivity contribution in [2.75, 3.05) is 44.2 Å². The number of fused-ring (bicyclic) bond motifs is 1. The van der Waals surface area contributed by atoms with Crippen LogP contribution in [0.25, 0.3) is 0 Å². The average molecular weight is 393 g/mol. The average Bonchev–Trinajstić information content (AvgIpc) is 3.31. The molecule has 0 atom stereocenters. The van der Waals surface area contributed by atoms with Crippen molar-refractivity contribution in [3.05, 3.63) is 47.4 Å². The van der Waals surface area contributed by atoms with Crippen molar-refractivity contribution in [2.45, 2.75) is 31.9 Å². The van der Waals surface area contributed by atoms with Crippen molar-refractivity contribution in [3.63, 3.8) is 0 Å². The second-order valence-corrected chi connectivity index (χ2v) is 8.35. The van der Waals surface area contributed by atoms with Crippen molar-refractivity contribution in [1.29, 1.82) is 0 Å². The molecule has 0 bridgehead atoms. The molecular weight excluding hydrogens is 366 g/mol. The highest BCUT2D eigenvalue weighted by molar-refractivity contribution is 6.14. The molecular formula is C22H27N5O2. The van der Waals surface area contributed by atoms with Crippen LogP contribution >= 0.6 is 0 Å². The highest BCUT2D eigenvalue weighted by Crippen LogP contribution is 2.40. The molecule has 1 saturated carbocycles. The summed E-state index contributed by atoms with van der Waals surface area (Å²) in [7, 11) is 0. The van der Waals surface area contributed by atoms with E-state index in [2.05, 4.69) is 44.9 Å². The fourth-order valence-corrected chi connectivity index (χ4v) is 4.00. The maximum Gasteiger partial charge on any atom is 0.132 e. The molecule has 3 heterocycles. The number of piperazine rings is 1. The number of β-amino-alcohol motifs (C(OH)–C–C–N with tert-alkyl or cyclic N) is 1. The molecule has 7 heteroatoms. The van der Waals surface area contributed by atoms with E-state index in [9.17, 15) is 0 Å². The molecule has 1 aliphatic carbocycles. The summed E-state index contributed by atoms with van der Waals surface area (Å²) in [5, 5.41) is 9.13. The Bertz CT molecular complexity index is 933. The molecule has 29 heavy (non-hydrogen) atoms. The first-order valence-corrected chi connectivity index (χ1v) is 10.4. The van der Waals surface area contributed by atoms with Crippen LogP contribution < -0.4 is 9.64 Å². The number of anilines is 1. The number of hydrogen-bond donors (Lipinski definition) is 1. The predicted octanol–water partition coefficient (Wildman–Crippen LogP) is 1.87. The van der Waals surface area contributed by atoms with E-state index >= 15 is 0 Å². The molecule has 0 spiro atoms. The Labute approximate surface area is 171 Å². The number of aliphatic hydroxyl groups excluding tert-OH is 1. The number of hydrogen-bond acceptors (Lipinski definition) is 7. The first-order valence-electron chi connectivity index (χ1n) is 10.4.